The van der Waals surface area contributed by atoms with Gasteiger partial charge in [0.2, 0.25) is 0 Å². The first-order chi connectivity index (χ1) is 6.59. The van der Waals surface area contributed by atoms with Crippen LogP contribution in [0.3, 0.4) is 0 Å². The zero-order chi connectivity index (χ0) is 10.6. The van der Waals surface area contributed by atoms with E-state index >= 15 is 0 Å². The van der Waals surface area contributed by atoms with Gasteiger partial charge in [-0.05, 0) is 27.2 Å². The summed E-state index contributed by atoms with van der Waals surface area (Å²) in [6.07, 6.45) is 0.443. The fourth-order valence-corrected chi connectivity index (χ4v) is 1.28. The number of hydrogen-bond acceptors (Lipinski definition) is 5. The molecule has 0 amide bonds. The van der Waals surface area contributed by atoms with Crippen LogP contribution in [0.5, 0.6) is 0 Å². The maximum Gasteiger partial charge on any atom is 0.121 e. The van der Waals surface area contributed by atoms with Gasteiger partial charge in [-0.1, -0.05) is 10.3 Å². The summed E-state index contributed by atoms with van der Waals surface area (Å²) in [5.74, 6) is 0. The van der Waals surface area contributed by atoms with Gasteiger partial charge in [0.15, 0.2) is 0 Å². The minimum absolute atomic E-state index is 0.256. The lowest BCUT2D eigenvalue weighted by Crippen LogP contribution is -2.29. The molecule has 1 heterocycles. The molecule has 1 rings (SSSR count). The average molecular weight is 199 g/mol. The number of rotatable bonds is 5. The van der Waals surface area contributed by atoms with Crippen molar-refractivity contribution in [2.75, 3.05) is 0 Å². The zero-order valence-corrected chi connectivity index (χ0v) is 8.82. The highest BCUT2D eigenvalue weighted by molar-refractivity contribution is 5.03. The van der Waals surface area contributed by atoms with Crippen molar-refractivity contribution in [2.45, 2.75) is 45.9 Å². The molecule has 1 aromatic heterocycles. The summed E-state index contributed by atoms with van der Waals surface area (Å²) in [5.41, 5.74) is 1.63. The SMILES string of the molecule is Cc1nonc1CNC(C)CC(C)O. The predicted molar refractivity (Wildman–Crippen MR) is 51.6 cm³/mol. The molecular formula is C9H17N3O2. The number of aryl methyl sites for hydroxylation is 1. The van der Waals surface area contributed by atoms with E-state index in [1.54, 1.807) is 6.92 Å². The molecule has 5 heteroatoms. The molecular weight excluding hydrogens is 182 g/mol. The van der Waals surface area contributed by atoms with E-state index in [-0.39, 0.29) is 12.1 Å². The summed E-state index contributed by atoms with van der Waals surface area (Å²) in [5, 5.41) is 19.8. The van der Waals surface area contributed by atoms with Crippen molar-refractivity contribution in [2.24, 2.45) is 0 Å². The predicted octanol–water partition coefficient (Wildman–Crippen LogP) is 0.627. The summed E-state index contributed by atoms with van der Waals surface area (Å²) in [6, 6.07) is 0.256. The Hall–Kier alpha value is -0.940. The fourth-order valence-electron chi connectivity index (χ4n) is 1.28. The van der Waals surface area contributed by atoms with Gasteiger partial charge in [0.25, 0.3) is 0 Å². The Balaban J connectivity index is 2.30. The molecule has 0 bridgehead atoms. The lowest BCUT2D eigenvalue weighted by molar-refractivity contribution is 0.170. The van der Waals surface area contributed by atoms with Crippen LogP contribution in [0.25, 0.3) is 0 Å². The molecule has 1 aromatic rings. The molecule has 80 valence electrons. The molecule has 2 N–H and O–H groups in total. The van der Waals surface area contributed by atoms with E-state index in [0.717, 1.165) is 17.8 Å². The molecule has 0 fully saturated rings. The van der Waals surface area contributed by atoms with Crippen molar-refractivity contribution in [3.05, 3.63) is 11.4 Å². The van der Waals surface area contributed by atoms with Crippen LogP contribution in [0.4, 0.5) is 0 Å². The fraction of sp³-hybridized carbons (Fsp3) is 0.778. The van der Waals surface area contributed by atoms with Gasteiger partial charge < -0.3 is 10.4 Å². The molecule has 0 aliphatic heterocycles. The van der Waals surface area contributed by atoms with Crippen molar-refractivity contribution in [3.8, 4) is 0 Å². The van der Waals surface area contributed by atoms with Crippen molar-refractivity contribution in [1.82, 2.24) is 15.6 Å². The summed E-state index contributed by atoms with van der Waals surface area (Å²) in [7, 11) is 0. The van der Waals surface area contributed by atoms with E-state index in [1.165, 1.54) is 0 Å². The maximum absolute atomic E-state index is 9.15. The molecule has 0 spiro atoms. The zero-order valence-electron chi connectivity index (χ0n) is 8.82. The second-order valence-corrected chi connectivity index (χ2v) is 3.66. The van der Waals surface area contributed by atoms with Gasteiger partial charge in [-0.25, -0.2) is 4.63 Å². The van der Waals surface area contributed by atoms with Crippen molar-refractivity contribution >= 4 is 0 Å². The van der Waals surface area contributed by atoms with Crippen LogP contribution in [0, 0.1) is 6.92 Å². The van der Waals surface area contributed by atoms with E-state index in [0.29, 0.717) is 6.54 Å². The number of aromatic nitrogens is 2. The first kappa shape index (κ1) is 11.1. The van der Waals surface area contributed by atoms with E-state index in [2.05, 4.69) is 20.3 Å². The molecule has 0 aliphatic rings. The number of aliphatic hydroxyl groups is 1. The van der Waals surface area contributed by atoms with Gasteiger partial charge in [-0.3, -0.25) is 0 Å². The molecule has 0 radical (unpaired) electrons. The number of nitrogens with one attached hydrogen (secondary N) is 1. The lowest BCUT2D eigenvalue weighted by Gasteiger charge is -2.14. The third-order valence-corrected chi connectivity index (χ3v) is 2.06. The van der Waals surface area contributed by atoms with Gasteiger partial charge in [0.1, 0.15) is 11.4 Å². The van der Waals surface area contributed by atoms with Crippen LogP contribution in [0.1, 0.15) is 31.7 Å². The minimum atomic E-state index is -0.283. The molecule has 0 aromatic carbocycles. The Morgan fingerprint density at radius 3 is 2.64 bits per heavy atom. The van der Waals surface area contributed by atoms with E-state index in [9.17, 15) is 0 Å². The minimum Gasteiger partial charge on any atom is -0.393 e. The second kappa shape index (κ2) is 5.07. The molecule has 0 saturated heterocycles. The van der Waals surface area contributed by atoms with Crippen LogP contribution in [0.2, 0.25) is 0 Å². The Labute approximate surface area is 83.5 Å². The van der Waals surface area contributed by atoms with Gasteiger partial charge in [-0.2, -0.15) is 0 Å². The smallest absolute Gasteiger partial charge is 0.121 e. The highest BCUT2D eigenvalue weighted by Crippen LogP contribution is 2.02. The third kappa shape index (κ3) is 3.43. The largest absolute Gasteiger partial charge is 0.393 e. The van der Waals surface area contributed by atoms with Crippen LogP contribution in [0.15, 0.2) is 4.63 Å². The molecule has 0 aliphatic carbocycles. The monoisotopic (exact) mass is 199 g/mol. The Kier molecular flexibility index (Phi) is 4.03. The van der Waals surface area contributed by atoms with Crippen molar-refractivity contribution in [1.29, 1.82) is 0 Å². The quantitative estimate of drug-likeness (QED) is 0.727. The van der Waals surface area contributed by atoms with Crippen LogP contribution < -0.4 is 5.32 Å². The summed E-state index contributed by atoms with van der Waals surface area (Å²) >= 11 is 0. The topological polar surface area (TPSA) is 71.2 Å². The highest BCUT2D eigenvalue weighted by Gasteiger charge is 2.08. The average Bonchev–Trinajstić information content (AvgIpc) is 2.46. The van der Waals surface area contributed by atoms with E-state index < -0.39 is 0 Å². The number of nitrogens with zero attached hydrogens (tertiary/aromatic N) is 2. The number of aliphatic hydroxyl groups excluding tert-OH is 1. The third-order valence-electron chi connectivity index (χ3n) is 2.06. The molecule has 2 atom stereocenters. The van der Waals surface area contributed by atoms with Gasteiger partial charge in [0.05, 0.1) is 6.10 Å². The number of hydrogen-bond donors (Lipinski definition) is 2. The molecule has 14 heavy (non-hydrogen) atoms. The Bertz CT molecular complexity index is 273. The Morgan fingerprint density at radius 2 is 2.14 bits per heavy atom. The van der Waals surface area contributed by atoms with Crippen LogP contribution in [-0.2, 0) is 6.54 Å². The van der Waals surface area contributed by atoms with E-state index in [1.807, 2.05) is 13.8 Å². The van der Waals surface area contributed by atoms with Crippen molar-refractivity contribution < 1.29 is 9.74 Å². The molecule has 5 nitrogen and oxygen atoms in total. The van der Waals surface area contributed by atoms with Gasteiger partial charge in [0, 0.05) is 12.6 Å². The second-order valence-electron chi connectivity index (χ2n) is 3.66. The first-order valence-electron chi connectivity index (χ1n) is 4.79. The van der Waals surface area contributed by atoms with Gasteiger partial charge >= 0.3 is 0 Å². The van der Waals surface area contributed by atoms with Crippen molar-refractivity contribution in [3.63, 3.8) is 0 Å². The highest BCUT2D eigenvalue weighted by atomic mass is 16.6. The maximum atomic E-state index is 9.15. The summed E-state index contributed by atoms with van der Waals surface area (Å²) < 4.78 is 4.57. The van der Waals surface area contributed by atoms with E-state index in [4.69, 9.17) is 5.11 Å². The standard InChI is InChI=1S/C9H17N3O2/c1-6(4-7(2)13)10-5-9-8(3)11-14-12-9/h6-7,10,13H,4-5H2,1-3H3. The Morgan fingerprint density at radius 1 is 1.43 bits per heavy atom. The van der Waals surface area contributed by atoms with Crippen LogP contribution >= 0.6 is 0 Å². The first-order valence-corrected chi connectivity index (χ1v) is 4.79. The lowest BCUT2D eigenvalue weighted by atomic mass is 10.1. The van der Waals surface area contributed by atoms with Crippen LogP contribution in [-0.4, -0.2) is 27.6 Å². The van der Waals surface area contributed by atoms with Gasteiger partial charge in [-0.15, -0.1) is 0 Å². The summed E-state index contributed by atoms with van der Waals surface area (Å²) in [6.45, 7) is 6.28. The normalized spacial score (nSPS) is 15.4. The summed E-state index contributed by atoms with van der Waals surface area (Å²) in [4.78, 5) is 0. The molecule has 0 saturated carbocycles. The molecule has 2 unspecified atom stereocenters.